The second kappa shape index (κ2) is 14.6. The van der Waals surface area contributed by atoms with E-state index in [-0.39, 0.29) is 5.78 Å². The summed E-state index contributed by atoms with van der Waals surface area (Å²) in [7, 11) is 0. The maximum absolute atomic E-state index is 14.7. The first kappa shape index (κ1) is 33.6. The molecule has 0 fully saturated rings. The Morgan fingerprint density at radius 2 is 0.885 bits per heavy atom. The van der Waals surface area contributed by atoms with Crippen LogP contribution in [0.4, 0.5) is 0 Å². The summed E-state index contributed by atoms with van der Waals surface area (Å²) in [6.45, 7) is 0. The Kier molecular flexibility index (Phi) is 9.42. The molecule has 250 valence electrons. The number of hydrogen-bond acceptors (Lipinski definition) is 2. The van der Waals surface area contributed by atoms with E-state index in [1.54, 1.807) is 0 Å². The van der Waals surface area contributed by atoms with Crippen LogP contribution in [0.3, 0.4) is 0 Å². The van der Waals surface area contributed by atoms with Gasteiger partial charge in [-0.3, -0.25) is 4.79 Å². The number of carbonyl (C=O) groups excluding carboxylic acids is 1. The van der Waals surface area contributed by atoms with Gasteiger partial charge in [-0.1, -0.05) is 182 Å². The average Bonchev–Trinajstić information content (AvgIpc) is 3.21. The predicted molar refractivity (Wildman–Crippen MR) is 221 cm³/mol. The molecule has 0 N–H and O–H groups in total. The van der Waals surface area contributed by atoms with Crippen LogP contribution in [-0.4, -0.2) is 5.78 Å². The van der Waals surface area contributed by atoms with Crippen LogP contribution in [-0.2, 0) is 10.4 Å². The van der Waals surface area contributed by atoms with Crippen molar-refractivity contribution in [2.45, 2.75) is 5.60 Å². The van der Waals surface area contributed by atoms with Gasteiger partial charge in [-0.15, -0.1) is 0 Å². The van der Waals surface area contributed by atoms with Gasteiger partial charge in [0.15, 0.2) is 11.4 Å². The quantitative estimate of drug-likeness (QED) is 0.153. The molecule has 1 atom stereocenters. The van der Waals surface area contributed by atoms with E-state index in [4.69, 9.17) is 4.74 Å². The van der Waals surface area contributed by atoms with Crippen molar-refractivity contribution in [1.29, 1.82) is 0 Å². The van der Waals surface area contributed by atoms with E-state index in [0.717, 1.165) is 54.5 Å². The van der Waals surface area contributed by atoms with Crippen LogP contribution in [0.1, 0.15) is 16.7 Å². The fourth-order valence-electron chi connectivity index (χ4n) is 6.91. The summed E-state index contributed by atoms with van der Waals surface area (Å²) in [6.07, 6.45) is 2.00. The first-order valence-corrected chi connectivity index (χ1v) is 18.7. The summed E-state index contributed by atoms with van der Waals surface area (Å²) in [6, 6.07) is 63.2. The molecule has 0 saturated carbocycles. The largest absolute Gasteiger partial charge is 0.472 e. The van der Waals surface area contributed by atoms with Crippen LogP contribution in [0, 0.1) is 0 Å². The highest BCUT2D eigenvalue weighted by atomic mass is 79.9. The van der Waals surface area contributed by atoms with Gasteiger partial charge in [-0.2, -0.15) is 0 Å². The third kappa shape index (κ3) is 6.19. The summed E-state index contributed by atoms with van der Waals surface area (Å²) in [5.74, 6) is 0.599. The van der Waals surface area contributed by atoms with E-state index in [2.05, 4.69) is 111 Å². The first-order valence-electron chi connectivity index (χ1n) is 17.1. The Morgan fingerprint density at radius 3 is 1.40 bits per heavy atom. The molecule has 7 aromatic rings. The van der Waals surface area contributed by atoms with Gasteiger partial charge in [-0.05, 0) is 77.4 Å². The van der Waals surface area contributed by atoms with E-state index >= 15 is 0 Å². The Hall–Kier alpha value is -5.55. The molecule has 0 heterocycles. The zero-order chi connectivity index (χ0) is 35.5. The fourth-order valence-corrected chi connectivity index (χ4v) is 8.49. The summed E-state index contributed by atoms with van der Waals surface area (Å²) in [5.41, 5.74) is 8.29. The average molecular weight is 801 g/mol. The monoisotopic (exact) mass is 798 g/mol. The number of ether oxygens (including phenoxy) is 1. The molecule has 1 aliphatic carbocycles. The molecule has 8 rings (SSSR count). The van der Waals surface area contributed by atoms with Crippen molar-refractivity contribution >= 4 is 48.8 Å². The highest BCUT2D eigenvalue weighted by molar-refractivity contribution is 9.12. The molecule has 1 unspecified atom stereocenters. The number of ketones is 1. The zero-order valence-electron chi connectivity index (χ0n) is 28.0. The van der Waals surface area contributed by atoms with Gasteiger partial charge >= 0.3 is 0 Å². The number of benzene rings is 7. The lowest BCUT2D eigenvalue weighted by Gasteiger charge is -2.39. The molecule has 52 heavy (non-hydrogen) atoms. The van der Waals surface area contributed by atoms with Crippen LogP contribution < -0.4 is 4.74 Å². The molecule has 2 nitrogen and oxygen atoms in total. The van der Waals surface area contributed by atoms with E-state index in [1.165, 1.54) is 0 Å². The summed E-state index contributed by atoms with van der Waals surface area (Å²) in [4.78, 5) is 14.7. The number of allylic oxidation sites excluding steroid dienone is 2. The molecule has 1 aliphatic rings. The van der Waals surface area contributed by atoms with Crippen LogP contribution in [0.5, 0.6) is 5.75 Å². The normalized spacial score (nSPS) is 15.7. The molecule has 0 spiro atoms. The second-order valence-corrected chi connectivity index (χ2v) is 14.2. The minimum atomic E-state index is -1.26. The predicted octanol–water partition coefficient (Wildman–Crippen LogP) is 13.2. The maximum atomic E-state index is 14.7. The van der Waals surface area contributed by atoms with E-state index in [1.807, 2.05) is 115 Å². The molecular formula is C48H32Br2O2. The van der Waals surface area contributed by atoms with Crippen molar-refractivity contribution in [3.05, 3.63) is 220 Å². The van der Waals surface area contributed by atoms with Gasteiger partial charge < -0.3 is 4.74 Å². The van der Waals surface area contributed by atoms with Gasteiger partial charge in [0.25, 0.3) is 0 Å². The minimum Gasteiger partial charge on any atom is -0.472 e. The van der Waals surface area contributed by atoms with Crippen molar-refractivity contribution in [2.75, 3.05) is 0 Å². The van der Waals surface area contributed by atoms with Crippen molar-refractivity contribution in [3.63, 3.8) is 0 Å². The molecule has 7 aromatic carbocycles. The highest BCUT2D eigenvalue weighted by Gasteiger charge is 2.45. The first-order chi connectivity index (χ1) is 25.5. The SMILES string of the molecule is O=C1C(c2ccccc2)=CC(Oc2c(-c3ccccc3)cc(-c3ccccc3)c(Br)c2-c2ccccc2)(c2ccccc2)C(Br)=C1c1ccccc1. The molecule has 0 saturated heterocycles. The van der Waals surface area contributed by atoms with Crippen LogP contribution in [0.2, 0.25) is 0 Å². The summed E-state index contributed by atoms with van der Waals surface area (Å²) < 4.78 is 9.31. The topological polar surface area (TPSA) is 26.3 Å². The Balaban J connectivity index is 1.51. The van der Waals surface area contributed by atoms with Gasteiger partial charge in [0.05, 0.1) is 4.48 Å². The van der Waals surface area contributed by atoms with Gasteiger partial charge in [-0.25, -0.2) is 0 Å². The molecule has 0 radical (unpaired) electrons. The summed E-state index contributed by atoms with van der Waals surface area (Å²) >= 11 is 8.16. The number of carbonyl (C=O) groups is 1. The second-order valence-electron chi connectivity index (χ2n) is 12.6. The number of hydrogen-bond donors (Lipinski definition) is 0. The third-order valence-electron chi connectivity index (χ3n) is 9.43. The van der Waals surface area contributed by atoms with Crippen molar-refractivity contribution in [2.24, 2.45) is 0 Å². The molecule has 0 aliphatic heterocycles. The fraction of sp³-hybridized carbons (Fsp3) is 0.0208. The zero-order valence-corrected chi connectivity index (χ0v) is 31.2. The summed E-state index contributed by atoms with van der Waals surface area (Å²) in [5, 5.41) is 0. The molecule has 4 heteroatoms. The van der Waals surface area contributed by atoms with Crippen molar-refractivity contribution in [1.82, 2.24) is 0 Å². The lowest BCUT2D eigenvalue weighted by atomic mass is 9.78. The Morgan fingerprint density at radius 1 is 0.462 bits per heavy atom. The number of halogens is 2. The highest BCUT2D eigenvalue weighted by Crippen LogP contribution is 2.55. The van der Waals surface area contributed by atoms with Crippen LogP contribution in [0.15, 0.2) is 203 Å². The molecular weight excluding hydrogens is 768 g/mol. The van der Waals surface area contributed by atoms with Crippen molar-refractivity contribution < 1.29 is 9.53 Å². The van der Waals surface area contributed by atoms with E-state index in [0.29, 0.717) is 21.4 Å². The Labute approximate surface area is 321 Å². The van der Waals surface area contributed by atoms with E-state index < -0.39 is 5.60 Å². The van der Waals surface area contributed by atoms with Gasteiger partial charge in [0.2, 0.25) is 0 Å². The Bertz CT molecular complexity index is 2430. The minimum absolute atomic E-state index is 0.0772. The van der Waals surface area contributed by atoms with Gasteiger partial charge in [0.1, 0.15) is 5.75 Å². The number of rotatable bonds is 8. The standard InChI is InChI=1S/C48H32Br2O2/c49-44-39(33-19-7-1-8-20-33)31-40(34-21-9-2-10-22-34)46(42(44)36-25-13-4-14-26-36)52-48(38-29-17-6-18-30-38)32-41(35-23-11-3-12-24-35)45(51)43(47(48)50)37-27-15-5-16-28-37/h1-32H. The van der Waals surface area contributed by atoms with Crippen LogP contribution >= 0.6 is 31.9 Å². The van der Waals surface area contributed by atoms with Crippen LogP contribution in [0.25, 0.3) is 44.5 Å². The molecule has 0 aromatic heterocycles. The third-order valence-corrected chi connectivity index (χ3v) is 11.2. The maximum Gasteiger partial charge on any atom is 0.195 e. The van der Waals surface area contributed by atoms with E-state index in [9.17, 15) is 4.79 Å². The lowest BCUT2D eigenvalue weighted by Crippen LogP contribution is -2.37. The number of Topliss-reactive ketones (excluding diaryl/α,β-unsaturated/α-hetero) is 1. The molecule has 0 amide bonds. The lowest BCUT2D eigenvalue weighted by molar-refractivity contribution is -0.109. The van der Waals surface area contributed by atoms with Crippen molar-refractivity contribution in [3.8, 4) is 39.1 Å². The molecule has 0 bridgehead atoms. The smallest absolute Gasteiger partial charge is 0.195 e. The van der Waals surface area contributed by atoms with Gasteiger partial charge in [0, 0.05) is 32.3 Å².